The molecular weight excluding hydrogens is 298 g/mol. The monoisotopic (exact) mass is 313 g/mol. The predicted octanol–water partition coefficient (Wildman–Crippen LogP) is 1.65. The number of nitrogens with one attached hydrogen (secondary N) is 1. The number of amidine groups is 1. The van der Waals surface area contributed by atoms with E-state index < -0.39 is 11.1 Å². The first kappa shape index (κ1) is 14.6. The number of aliphatic imine (C=N–C) groups is 1. The van der Waals surface area contributed by atoms with Gasteiger partial charge in [0.05, 0.1) is 0 Å². The predicted molar refractivity (Wildman–Crippen MR) is 87.2 cm³/mol. The van der Waals surface area contributed by atoms with Gasteiger partial charge < -0.3 is 16.2 Å². The van der Waals surface area contributed by atoms with Crippen LogP contribution in [0.25, 0.3) is 0 Å². The second-order valence-corrected chi connectivity index (χ2v) is 6.00. The third-order valence-corrected chi connectivity index (χ3v) is 4.40. The highest BCUT2D eigenvalue weighted by Crippen LogP contribution is 2.38. The molecule has 2 atom stereocenters. The largest absolute Gasteiger partial charge is 0.378 e. The van der Waals surface area contributed by atoms with Gasteiger partial charge in [-0.1, -0.05) is 60.3 Å². The van der Waals surface area contributed by atoms with Gasteiger partial charge in [0, 0.05) is 11.1 Å². The molecule has 6 heteroatoms. The van der Waals surface area contributed by atoms with Crippen LogP contribution in [0.2, 0.25) is 0 Å². The van der Waals surface area contributed by atoms with Crippen LogP contribution in [0.4, 0.5) is 0 Å². The molecule has 0 saturated heterocycles. The Morgan fingerprint density at radius 3 is 2.36 bits per heavy atom. The number of aliphatic hydroxyl groups is 1. The van der Waals surface area contributed by atoms with Gasteiger partial charge in [-0.05, 0) is 12.1 Å². The van der Waals surface area contributed by atoms with Crippen molar-refractivity contribution in [2.45, 2.75) is 11.1 Å². The summed E-state index contributed by atoms with van der Waals surface area (Å²) in [4.78, 5) is 16.4. The van der Waals surface area contributed by atoms with Crippen LogP contribution in [0, 0.1) is 0 Å². The van der Waals surface area contributed by atoms with Gasteiger partial charge >= 0.3 is 0 Å². The summed E-state index contributed by atoms with van der Waals surface area (Å²) in [7, 11) is 0. The Balaban J connectivity index is 1.86. The molecule has 0 bridgehead atoms. The number of hydrogen-bond donors (Lipinski definition) is 3. The van der Waals surface area contributed by atoms with Gasteiger partial charge in [0.1, 0.15) is 5.37 Å². The molecule has 0 spiro atoms. The summed E-state index contributed by atoms with van der Waals surface area (Å²) in [5.74, 6) is -0.280. The van der Waals surface area contributed by atoms with Crippen LogP contribution in [0.5, 0.6) is 0 Å². The Kier molecular flexibility index (Phi) is 3.87. The maximum atomic E-state index is 12.3. The molecule has 2 aromatic rings. The molecule has 4 N–H and O–H groups in total. The van der Waals surface area contributed by atoms with Gasteiger partial charge in [0.15, 0.2) is 5.17 Å². The summed E-state index contributed by atoms with van der Waals surface area (Å²) in [6.07, 6.45) is 0. The minimum absolute atomic E-state index is 0.240. The van der Waals surface area contributed by atoms with Gasteiger partial charge in [0.2, 0.25) is 5.72 Å². The Morgan fingerprint density at radius 1 is 1.14 bits per heavy atom. The number of amides is 1. The maximum absolute atomic E-state index is 12.3. The number of carbonyl (C=O) groups is 1. The lowest BCUT2D eigenvalue weighted by molar-refractivity contribution is 0.0360. The van der Waals surface area contributed by atoms with Crippen molar-refractivity contribution in [3.05, 3.63) is 71.8 Å². The average molecular weight is 313 g/mol. The van der Waals surface area contributed by atoms with Crippen LogP contribution in [0.3, 0.4) is 0 Å². The van der Waals surface area contributed by atoms with Crippen molar-refractivity contribution in [1.29, 1.82) is 0 Å². The van der Waals surface area contributed by atoms with Crippen LogP contribution in [-0.4, -0.2) is 21.6 Å². The molecule has 1 aliphatic heterocycles. The molecule has 0 saturated carbocycles. The van der Waals surface area contributed by atoms with Crippen molar-refractivity contribution < 1.29 is 9.90 Å². The van der Waals surface area contributed by atoms with E-state index in [-0.39, 0.29) is 11.1 Å². The number of carbonyl (C=O) groups excluding carboxylic acids is 1. The highest BCUT2D eigenvalue weighted by Gasteiger charge is 2.45. The van der Waals surface area contributed by atoms with Crippen LogP contribution >= 0.6 is 11.8 Å². The molecule has 1 aliphatic rings. The van der Waals surface area contributed by atoms with Crippen molar-refractivity contribution in [1.82, 2.24) is 5.32 Å². The normalized spacial score (nSPS) is 23.9. The summed E-state index contributed by atoms with van der Waals surface area (Å²) in [6.45, 7) is 0. The quantitative estimate of drug-likeness (QED) is 0.804. The van der Waals surface area contributed by atoms with E-state index >= 15 is 0 Å². The van der Waals surface area contributed by atoms with E-state index in [0.29, 0.717) is 11.1 Å². The zero-order chi connectivity index (χ0) is 15.6. The number of benzene rings is 2. The lowest BCUT2D eigenvalue weighted by Crippen LogP contribution is -2.45. The number of rotatable bonds is 3. The van der Waals surface area contributed by atoms with Crippen LogP contribution < -0.4 is 11.1 Å². The molecule has 0 fully saturated rings. The Labute approximate surface area is 132 Å². The fraction of sp³-hybridized carbons (Fsp3) is 0.125. The highest BCUT2D eigenvalue weighted by atomic mass is 32.2. The smallest absolute Gasteiger partial charge is 0.252 e. The van der Waals surface area contributed by atoms with Crippen LogP contribution in [0.1, 0.15) is 15.9 Å². The van der Waals surface area contributed by atoms with Gasteiger partial charge in [-0.15, -0.1) is 0 Å². The fourth-order valence-electron chi connectivity index (χ4n) is 2.28. The first-order chi connectivity index (χ1) is 10.6. The molecule has 0 aliphatic carbocycles. The molecule has 22 heavy (non-hydrogen) atoms. The number of hydrogen-bond acceptors (Lipinski definition) is 5. The Bertz CT molecular complexity index is 706. The lowest BCUT2D eigenvalue weighted by atomic mass is 10.0. The van der Waals surface area contributed by atoms with E-state index in [1.54, 1.807) is 48.5 Å². The SMILES string of the molecule is NC1=N[C@](O)(c2ccccc2)[C@@H](NC(=O)c2ccccc2)S1. The standard InChI is InChI=1S/C16H15N3O2S/c17-15-19-16(21,12-9-5-2-6-10-12)14(22-15)18-13(20)11-7-3-1-4-8-11/h1-10,14,21H,(H2,17,19)(H,18,20)/t14-,16-/m0/s1. The van der Waals surface area contributed by atoms with Crippen LogP contribution in [0.15, 0.2) is 65.7 Å². The summed E-state index contributed by atoms with van der Waals surface area (Å²) in [5, 5.41) is 13.2. The second kappa shape index (κ2) is 5.82. The molecule has 1 amide bonds. The lowest BCUT2D eigenvalue weighted by Gasteiger charge is -2.27. The minimum atomic E-state index is -1.57. The van der Waals surface area contributed by atoms with Crippen molar-refractivity contribution in [2.75, 3.05) is 0 Å². The van der Waals surface area contributed by atoms with E-state index in [4.69, 9.17) is 5.73 Å². The molecule has 5 nitrogen and oxygen atoms in total. The summed E-state index contributed by atoms with van der Waals surface area (Å²) in [5.41, 5.74) is 5.29. The van der Waals surface area contributed by atoms with Gasteiger partial charge in [-0.3, -0.25) is 4.79 Å². The first-order valence-electron chi connectivity index (χ1n) is 6.75. The van der Waals surface area contributed by atoms with E-state index in [0.717, 1.165) is 11.8 Å². The average Bonchev–Trinajstić information content (AvgIpc) is 2.84. The molecule has 0 radical (unpaired) electrons. The third-order valence-electron chi connectivity index (χ3n) is 3.38. The van der Waals surface area contributed by atoms with Crippen molar-refractivity contribution >= 4 is 22.8 Å². The minimum Gasteiger partial charge on any atom is -0.378 e. The molecule has 3 rings (SSSR count). The van der Waals surface area contributed by atoms with Crippen molar-refractivity contribution in [3.63, 3.8) is 0 Å². The zero-order valence-corrected chi connectivity index (χ0v) is 12.5. The Morgan fingerprint density at radius 2 is 1.73 bits per heavy atom. The van der Waals surface area contributed by atoms with Crippen LogP contribution in [-0.2, 0) is 5.72 Å². The molecule has 2 aromatic carbocycles. The van der Waals surface area contributed by atoms with E-state index in [1.165, 1.54) is 0 Å². The maximum Gasteiger partial charge on any atom is 0.252 e. The topological polar surface area (TPSA) is 87.7 Å². The zero-order valence-electron chi connectivity index (χ0n) is 11.6. The van der Waals surface area contributed by atoms with E-state index in [2.05, 4.69) is 10.3 Å². The van der Waals surface area contributed by atoms with E-state index in [1.807, 2.05) is 12.1 Å². The summed E-state index contributed by atoms with van der Waals surface area (Å²) in [6, 6.07) is 17.8. The fourth-order valence-corrected chi connectivity index (χ4v) is 3.23. The number of nitrogens with two attached hydrogens (primary N) is 1. The van der Waals surface area contributed by atoms with Gasteiger partial charge in [0.25, 0.3) is 5.91 Å². The number of nitrogens with zero attached hydrogens (tertiary/aromatic N) is 1. The van der Waals surface area contributed by atoms with Gasteiger partial charge in [-0.25, -0.2) is 4.99 Å². The Hall–Kier alpha value is -2.31. The van der Waals surface area contributed by atoms with E-state index in [9.17, 15) is 9.90 Å². The van der Waals surface area contributed by atoms with Crippen molar-refractivity contribution in [3.8, 4) is 0 Å². The first-order valence-corrected chi connectivity index (χ1v) is 7.63. The molecule has 112 valence electrons. The summed E-state index contributed by atoms with van der Waals surface area (Å²) < 4.78 is 0. The van der Waals surface area contributed by atoms with Crippen molar-refractivity contribution in [2.24, 2.45) is 10.7 Å². The molecular formula is C16H15N3O2S. The molecule has 0 aromatic heterocycles. The van der Waals surface area contributed by atoms with Gasteiger partial charge in [-0.2, -0.15) is 0 Å². The second-order valence-electron chi connectivity index (χ2n) is 4.88. The highest BCUT2D eigenvalue weighted by molar-refractivity contribution is 8.14. The molecule has 1 heterocycles. The third kappa shape index (κ3) is 2.70. The number of thioether (sulfide) groups is 1. The summed E-state index contributed by atoms with van der Waals surface area (Å²) >= 11 is 1.14. The molecule has 0 unspecified atom stereocenters.